The van der Waals surface area contributed by atoms with E-state index in [9.17, 15) is 9.59 Å². The van der Waals surface area contributed by atoms with Crippen LogP contribution in [0, 0.1) is 0 Å². The Morgan fingerprint density at radius 3 is 2.31 bits per heavy atom. The summed E-state index contributed by atoms with van der Waals surface area (Å²) in [4.78, 5) is 22.5. The molecule has 0 heterocycles. The summed E-state index contributed by atoms with van der Waals surface area (Å²) in [5.41, 5.74) is 0.761. The molecule has 1 aromatic carbocycles. The number of carbonyl (C=O) groups is 2. The van der Waals surface area contributed by atoms with Crippen LogP contribution in [0.3, 0.4) is 0 Å². The largest absolute Gasteiger partial charge is 0.497 e. The van der Waals surface area contributed by atoms with Crippen LogP contribution in [0.4, 0.5) is 0 Å². The van der Waals surface area contributed by atoms with Crippen LogP contribution in [0.2, 0.25) is 0 Å². The highest BCUT2D eigenvalue weighted by atomic mass is 16.5. The Balaban J connectivity index is 2.59. The number of hydrogen-bond donors (Lipinski definition) is 1. The van der Waals surface area contributed by atoms with Crippen LogP contribution < -0.4 is 4.74 Å². The molecule has 0 aromatic heterocycles. The summed E-state index contributed by atoms with van der Waals surface area (Å²) >= 11 is 0. The Morgan fingerprint density at radius 2 is 1.81 bits per heavy atom. The van der Waals surface area contributed by atoms with Gasteiger partial charge >= 0.3 is 0 Å². The maximum atomic E-state index is 11.4. The first-order valence-electron chi connectivity index (χ1n) is 4.97. The van der Waals surface area contributed by atoms with Crippen LogP contribution >= 0.6 is 0 Å². The SMILES string of the molecule is COc1ccc(CC(=O)C(=O)CCO)cc1. The minimum absolute atomic E-state index is 0.0722. The molecule has 0 amide bonds. The summed E-state index contributed by atoms with van der Waals surface area (Å²) < 4.78 is 4.98. The molecule has 0 saturated heterocycles. The van der Waals surface area contributed by atoms with E-state index in [0.29, 0.717) is 5.75 Å². The molecule has 1 N–H and O–H groups in total. The summed E-state index contributed by atoms with van der Waals surface area (Å²) in [6.07, 6.45) is -0.0299. The van der Waals surface area contributed by atoms with E-state index in [4.69, 9.17) is 9.84 Å². The van der Waals surface area contributed by atoms with Gasteiger partial charge < -0.3 is 9.84 Å². The average Bonchev–Trinajstić information content (AvgIpc) is 2.30. The second-order valence-electron chi connectivity index (χ2n) is 3.34. The number of methoxy groups -OCH3 is 1. The first-order chi connectivity index (χ1) is 7.67. The molecule has 0 spiro atoms. The van der Waals surface area contributed by atoms with E-state index >= 15 is 0 Å². The molecule has 0 fully saturated rings. The lowest BCUT2D eigenvalue weighted by atomic mass is 10.1. The normalized spacial score (nSPS) is 9.88. The van der Waals surface area contributed by atoms with Crippen molar-refractivity contribution in [1.29, 1.82) is 0 Å². The van der Waals surface area contributed by atoms with Gasteiger partial charge in [-0.2, -0.15) is 0 Å². The van der Waals surface area contributed by atoms with Crippen molar-refractivity contribution < 1.29 is 19.4 Å². The standard InChI is InChI=1S/C12H14O4/c1-16-10-4-2-9(3-5-10)8-12(15)11(14)6-7-13/h2-5,13H,6-8H2,1H3. The van der Waals surface area contributed by atoms with E-state index in [1.165, 1.54) is 0 Å². The fourth-order valence-electron chi connectivity index (χ4n) is 1.27. The molecule has 4 heteroatoms. The molecular weight excluding hydrogens is 208 g/mol. The highest BCUT2D eigenvalue weighted by Gasteiger charge is 2.13. The Bertz CT molecular complexity index is 367. The highest BCUT2D eigenvalue weighted by molar-refractivity contribution is 6.37. The number of Topliss-reactive ketones (excluding diaryl/α,β-unsaturated/α-hetero) is 2. The van der Waals surface area contributed by atoms with Gasteiger partial charge in [-0.3, -0.25) is 9.59 Å². The molecule has 0 atom stereocenters. The summed E-state index contributed by atoms with van der Waals surface area (Å²) in [5.74, 6) is -0.296. The first kappa shape index (κ1) is 12.4. The zero-order valence-electron chi connectivity index (χ0n) is 9.10. The zero-order valence-corrected chi connectivity index (χ0v) is 9.10. The Kier molecular flexibility index (Phi) is 4.66. The van der Waals surface area contributed by atoms with Crippen molar-refractivity contribution in [2.45, 2.75) is 12.8 Å². The van der Waals surface area contributed by atoms with Crippen LogP contribution in [0.15, 0.2) is 24.3 Å². The summed E-state index contributed by atoms with van der Waals surface area (Å²) in [5, 5.41) is 8.53. The predicted molar refractivity (Wildman–Crippen MR) is 58.4 cm³/mol. The average molecular weight is 222 g/mol. The number of aliphatic hydroxyl groups is 1. The van der Waals surface area contributed by atoms with E-state index in [1.807, 2.05) is 0 Å². The van der Waals surface area contributed by atoms with Crippen LogP contribution in [0.5, 0.6) is 5.75 Å². The molecule has 0 unspecified atom stereocenters. The number of rotatable bonds is 6. The van der Waals surface area contributed by atoms with Gasteiger partial charge in [0.25, 0.3) is 0 Å². The Morgan fingerprint density at radius 1 is 1.19 bits per heavy atom. The van der Waals surface area contributed by atoms with E-state index in [1.54, 1.807) is 31.4 Å². The number of aliphatic hydroxyl groups excluding tert-OH is 1. The quantitative estimate of drug-likeness (QED) is 0.722. The first-order valence-corrected chi connectivity index (χ1v) is 4.97. The van der Waals surface area contributed by atoms with Crippen molar-refractivity contribution in [3.05, 3.63) is 29.8 Å². The molecule has 0 aliphatic heterocycles. The third-order valence-corrected chi connectivity index (χ3v) is 2.17. The lowest BCUT2D eigenvalue weighted by molar-refractivity contribution is -0.136. The second kappa shape index (κ2) is 6.02. The molecule has 0 bridgehead atoms. The van der Waals surface area contributed by atoms with Gasteiger partial charge in [0.15, 0.2) is 0 Å². The van der Waals surface area contributed by atoms with E-state index < -0.39 is 11.6 Å². The molecular formula is C12H14O4. The van der Waals surface area contributed by atoms with Gasteiger partial charge in [0.2, 0.25) is 11.6 Å². The van der Waals surface area contributed by atoms with Gasteiger partial charge in [-0.25, -0.2) is 0 Å². The fourth-order valence-corrected chi connectivity index (χ4v) is 1.27. The maximum Gasteiger partial charge on any atom is 0.202 e. The minimum atomic E-state index is -0.529. The van der Waals surface area contributed by atoms with Crippen molar-refractivity contribution >= 4 is 11.6 Å². The van der Waals surface area contributed by atoms with Crippen molar-refractivity contribution in [2.75, 3.05) is 13.7 Å². The van der Waals surface area contributed by atoms with E-state index in [2.05, 4.69) is 0 Å². The second-order valence-corrected chi connectivity index (χ2v) is 3.34. The molecule has 4 nitrogen and oxygen atoms in total. The Labute approximate surface area is 93.9 Å². The summed E-state index contributed by atoms with van der Waals surface area (Å²) in [7, 11) is 1.56. The molecule has 0 aliphatic carbocycles. The van der Waals surface area contributed by atoms with Gasteiger partial charge in [-0.05, 0) is 17.7 Å². The third-order valence-electron chi connectivity index (χ3n) is 2.17. The molecule has 0 radical (unpaired) electrons. The fraction of sp³-hybridized carbons (Fsp3) is 0.333. The number of hydrogen-bond acceptors (Lipinski definition) is 4. The monoisotopic (exact) mass is 222 g/mol. The Hall–Kier alpha value is -1.68. The lowest BCUT2D eigenvalue weighted by Crippen LogP contribution is -2.17. The van der Waals surface area contributed by atoms with Crippen LogP contribution in [0.1, 0.15) is 12.0 Å². The number of benzene rings is 1. The topological polar surface area (TPSA) is 63.6 Å². The van der Waals surface area contributed by atoms with Gasteiger partial charge in [0.1, 0.15) is 5.75 Å². The molecule has 1 rings (SSSR count). The summed E-state index contributed by atoms with van der Waals surface area (Å²) in [6, 6.07) is 6.95. The van der Waals surface area contributed by atoms with Crippen LogP contribution in [-0.4, -0.2) is 30.4 Å². The summed E-state index contributed by atoms with van der Waals surface area (Å²) in [6.45, 7) is -0.285. The van der Waals surface area contributed by atoms with E-state index in [0.717, 1.165) is 5.56 Å². The minimum Gasteiger partial charge on any atom is -0.497 e. The van der Waals surface area contributed by atoms with Crippen molar-refractivity contribution in [3.8, 4) is 5.75 Å². The lowest BCUT2D eigenvalue weighted by Gasteiger charge is -2.02. The molecule has 86 valence electrons. The molecule has 16 heavy (non-hydrogen) atoms. The number of carbonyl (C=O) groups excluding carboxylic acids is 2. The molecule has 1 aromatic rings. The maximum absolute atomic E-state index is 11.4. The van der Waals surface area contributed by atoms with Crippen molar-refractivity contribution in [2.24, 2.45) is 0 Å². The van der Waals surface area contributed by atoms with Crippen molar-refractivity contribution in [1.82, 2.24) is 0 Å². The van der Waals surface area contributed by atoms with E-state index in [-0.39, 0.29) is 19.4 Å². The van der Waals surface area contributed by atoms with Crippen LogP contribution in [0.25, 0.3) is 0 Å². The zero-order chi connectivity index (χ0) is 12.0. The predicted octanol–water partition coefficient (Wildman–Crippen LogP) is 0.758. The molecule has 0 aliphatic rings. The molecule has 0 saturated carbocycles. The van der Waals surface area contributed by atoms with Gasteiger partial charge in [-0.1, -0.05) is 12.1 Å². The van der Waals surface area contributed by atoms with Crippen LogP contribution in [-0.2, 0) is 16.0 Å². The van der Waals surface area contributed by atoms with Gasteiger partial charge in [0.05, 0.1) is 13.7 Å². The third kappa shape index (κ3) is 3.47. The van der Waals surface area contributed by atoms with Gasteiger partial charge in [-0.15, -0.1) is 0 Å². The number of ether oxygens (including phenoxy) is 1. The number of ketones is 2. The van der Waals surface area contributed by atoms with Gasteiger partial charge in [0, 0.05) is 12.8 Å². The smallest absolute Gasteiger partial charge is 0.202 e. The van der Waals surface area contributed by atoms with Crippen molar-refractivity contribution in [3.63, 3.8) is 0 Å². The highest BCUT2D eigenvalue weighted by Crippen LogP contribution is 2.12.